The van der Waals surface area contributed by atoms with E-state index >= 15 is 0 Å². The number of hydrogen-bond acceptors (Lipinski definition) is 4. The summed E-state index contributed by atoms with van der Waals surface area (Å²) in [6.45, 7) is 0. The number of nitrogens with zero attached hydrogens (tertiary/aromatic N) is 2. The lowest BCUT2D eigenvalue weighted by atomic mass is 10.2. The number of amides is 2. The molecule has 0 radical (unpaired) electrons. The van der Waals surface area contributed by atoms with Gasteiger partial charge in [-0.1, -0.05) is 18.2 Å². The zero-order chi connectivity index (χ0) is 17.6. The van der Waals surface area contributed by atoms with Gasteiger partial charge < -0.3 is 10.6 Å². The number of aromatic nitrogens is 2. The third kappa shape index (κ3) is 4.23. The molecule has 3 rings (SSSR count). The highest BCUT2D eigenvalue weighted by atomic mass is 19.1. The van der Waals surface area contributed by atoms with Gasteiger partial charge in [0.05, 0.1) is 11.9 Å². The average molecular weight is 336 g/mol. The van der Waals surface area contributed by atoms with E-state index in [1.165, 1.54) is 18.5 Å². The molecule has 0 saturated carbocycles. The SMILES string of the molecule is O=C(Nc1ccc(NC(=O)c2ccccc2)nc1)c1ccnc(F)c1. The van der Waals surface area contributed by atoms with Crippen LogP contribution in [0.4, 0.5) is 15.9 Å². The van der Waals surface area contributed by atoms with Crippen LogP contribution in [0.5, 0.6) is 0 Å². The second-order valence-electron chi connectivity index (χ2n) is 5.07. The molecule has 0 aliphatic rings. The van der Waals surface area contributed by atoms with Crippen molar-refractivity contribution in [1.82, 2.24) is 9.97 Å². The van der Waals surface area contributed by atoms with Gasteiger partial charge in [-0.15, -0.1) is 0 Å². The molecular formula is C18H13FN4O2. The molecule has 0 saturated heterocycles. The van der Waals surface area contributed by atoms with Crippen LogP contribution in [0.25, 0.3) is 0 Å². The number of hydrogen-bond donors (Lipinski definition) is 2. The topological polar surface area (TPSA) is 84.0 Å². The van der Waals surface area contributed by atoms with E-state index in [0.29, 0.717) is 17.1 Å². The summed E-state index contributed by atoms with van der Waals surface area (Å²) < 4.78 is 13.0. The minimum atomic E-state index is -0.732. The van der Waals surface area contributed by atoms with E-state index in [9.17, 15) is 14.0 Å². The predicted octanol–water partition coefficient (Wildman–Crippen LogP) is 3.12. The first-order chi connectivity index (χ1) is 12.1. The van der Waals surface area contributed by atoms with Crippen molar-refractivity contribution < 1.29 is 14.0 Å². The van der Waals surface area contributed by atoms with Gasteiger partial charge in [0.15, 0.2) is 0 Å². The first-order valence-corrected chi connectivity index (χ1v) is 7.37. The Morgan fingerprint density at radius 1 is 0.840 bits per heavy atom. The summed E-state index contributed by atoms with van der Waals surface area (Å²) >= 11 is 0. The van der Waals surface area contributed by atoms with Crippen molar-refractivity contribution in [3.63, 3.8) is 0 Å². The maximum Gasteiger partial charge on any atom is 0.256 e. The highest BCUT2D eigenvalue weighted by Crippen LogP contribution is 2.13. The Morgan fingerprint density at radius 2 is 1.60 bits per heavy atom. The average Bonchev–Trinajstić information content (AvgIpc) is 2.64. The van der Waals surface area contributed by atoms with Crippen LogP contribution in [0.2, 0.25) is 0 Å². The van der Waals surface area contributed by atoms with Crippen molar-refractivity contribution in [2.75, 3.05) is 10.6 Å². The number of nitrogens with one attached hydrogen (secondary N) is 2. The zero-order valence-electron chi connectivity index (χ0n) is 12.9. The molecule has 124 valence electrons. The maximum absolute atomic E-state index is 13.0. The largest absolute Gasteiger partial charge is 0.321 e. The fourth-order valence-corrected chi connectivity index (χ4v) is 2.07. The number of pyridine rings is 2. The molecule has 0 fully saturated rings. The Labute approximate surface area is 142 Å². The summed E-state index contributed by atoms with van der Waals surface area (Å²) in [6, 6.07) is 14.3. The minimum Gasteiger partial charge on any atom is -0.321 e. The Kier molecular flexibility index (Phi) is 4.75. The summed E-state index contributed by atoms with van der Waals surface area (Å²) in [5, 5.41) is 5.25. The molecule has 2 N–H and O–H groups in total. The van der Waals surface area contributed by atoms with Crippen molar-refractivity contribution in [3.8, 4) is 0 Å². The van der Waals surface area contributed by atoms with Crippen LogP contribution in [0.15, 0.2) is 67.0 Å². The standard InChI is InChI=1S/C18H13FN4O2/c19-15-10-13(8-9-20-15)18(25)22-14-6-7-16(21-11-14)23-17(24)12-4-2-1-3-5-12/h1-11H,(H,22,25)(H,21,23,24). The number of halogens is 1. The van der Waals surface area contributed by atoms with E-state index < -0.39 is 11.9 Å². The van der Waals surface area contributed by atoms with E-state index in [0.717, 1.165) is 6.07 Å². The third-order valence-electron chi connectivity index (χ3n) is 3.29. The molecule has 0 spiro atoms. The third-order valence-corrected chi connectivity index (χ3v) is 3.29. The monoisotopic (exact) mass is 336 g/mol. The van der Waals surface area contributed by atoms with Gasteiger partial charge >= 0.3 is 0 Å². The summed E-state index contributed by atoms with van der Waals surface area (Å²) in [7, 11) is 0. The van der Waals surface area contributed by atoms with Crippen LogP contribution in [-0.2, 0) is 0 Å². The molecule has 0 aliphatic carbocycles. The molecule has 6 nitrogen and oxygen atoms in total. The number of benzene rings is 1. The second-order valence-corrected chi connectivity index (χ2v) is 5.07. The normalized spacial score (nSPS) is 10.1. The smallest absolute Gasteiger partial charge is 0.256 e. The Morgan fingerprint density at radius 3 is 2.28 bits per heavy atom. The van der Waals surface area contributed by atoms with E-state index in [2.05, 4.69) is 20.6 Å². The second kappa shape index (κ2) is 7.31. The molecule has 0 bridgehead atoms. The Hall–Kier alpha value is -3.61. The fourth-order valence-electron chi connectivity index (χ4n) is 2.07. The van der Waals surface area contributed by atoms with Crippen LogP contribution in [0.1, 0.15) is 20.7 Å². The van der Waals surface area contributed by atoms with Gasteiger partial charge in [-0.2, -0.15) is 4.39 Å². The van der Waals surface area contributed by atoms with Crippen LogP contribution in [-0.4, -0.2) is 21.8 Å². The first-order valence-electron chi connectivity index (χ1n) is 7.37. The van der Waals surface area contributed by atoms with Gasteiger partial charge in [0.1, 0.15) is 5.82 Å². The van der Waals surface area contributed by atoms with Crippen LogP contribution < -0.4 is 10.6 Å². The summed E-state index contributed by atoms with van der Waals surface area (Å²) in [6.07, 6.45) is 2.61. The van der Waals surface area contributed by atoms with E-state index in [4.69, 9.17) is 0 Å². The first kappa shape index (κ1) is 16.3. The molecule has 3 aromatic rings. The van der Waals surface area contributed by atoms with Crippen molar-refractivity contribution >= 4 is 23.3 Å². The quantitative estimate of drug-likeness (QED) is 0.717. The number of anilines is 2. The fraction of sp³-hybridized carbons (Fsp3) is 0. The minimum absolute atomic E-state index is 0.147. The highest BCUT2D eigenvalue weighted by molar-refractivity contribution is 6.05. The van der Waals surface area contributed by atoms with Crippen molar-refractivity contribution in [1.29, 1.82) is 0 Å². The lowest BCUT2D eigenvalue weighted by molar-refractivity contribution is 0.101. The van der Waals surface area contributed by atoms with Gasteiger partial charge in [0.25, 0.3) is 11.8 Å². The van der Waals surface area contributed by atoms with Crippen molar-refractivity contribution in [2.45, 2.75) is 0 Å². The van der Waals surface area contributed by atoms with Crippen LogP contribution in [0.3, 0.4) is 0 Å². The van der Waals surface area contributed by atoms with Gasteiger partial charge in [0, 0.05) is 23.4 Å². The van der Waals surface area contributed by atoms with E-state index in [1.807, 2.05) is 6.07 Å². The van der Waals surface area contributed by atoms with Gasteiger partial charge in [-0.3, -0.25) is 9.59 Å². The van der Waals surface area contributed by atoms with Gasteiger partial charge in [-0.05, 0) is 30.3 Å². The van der Waals surface area contributed by atoms with E-state index in [-0.39, 0.29) is 11.5 Å². The molecule has 1 aromatic carbocycles. The highest BCUT2D eigenvalue weighted by Gasteiger charge is 2.09. The maximum atomic E-state index is 13.0. The molecule has 0 atom stereocenters. The molecule has 2 heterocycles. The van der Waals surface area contributed by atoms with Gasteiger partial charge in [-0.25, -0.2) is 9.97 Å². The molecule has 0 aliphatic heterocycles. The van der Waals surface area contributed by atoms with E-state index in [1.54, 1.807) is 36.4 Å². The molecular weight excluding hydrogens is 323 g/mol. The summed E-state index contributed by atoms with van der Waals surface area (Å²) in [4.78, 5) is 31.5. The van der Waals surface area contributed by atoms with Gasteiger partial charge in [0.2, 0.25) is 5.95 Å². The molecule has 25 heavy (non-hydrogen) atoms. The van der Waals surface area contributed by atoms with Crippen LogP contribution in [0, 0.1) is 5.95 Å². The zero-order valence-corrected chi connectivity index (χ0v) is 12.9. The number of carbonyl (C=O) groups excluding carboxylic acids is 2. The lowest BCUT2D eigenvalue weighted by Gasteiger charge is -2.07. The molecule has 2 aromatic heterocycles. The molecule has 2 amide bonds. The Bertz CT molecular complexity index is 898. The molecule has 7 heteroatoms. The summed E-state index contributed by atoms with van der Waals surface area (Å²) in [5.74, 6) is -1.15. The van der Waals surface area contributed by atoms with Crippen molar-refractivity contribution in [3.05, 3.63) is 84.1 Å². The summed E-state index contributed by atoms with van der Waals surface area (Å²) in [5.41, 5.74) is 1.08. The number of carbonyl (C=O) groups is 2. The number of rotatable bonds is 4. The lowest BCUT2D eigenvalue weighted by Crippen LogP contribution is -2.14. The predicted molar refractivity (Wildman–Crippen MR) is 90.8 cm³/mol. The Balaban J connectivity index is 1.64. The molecule has 0 unspecified atom stereocenters. The van der Waals surface area contributed by atoms with Crippen molar-refractivity contribution in [2.24, 2.45) is 0 Å². The van der Waals surface area contributed by atoms with Crippen LogP contribution >= 0.6 is 0 Å².